The molecule has 6 nitrogen and oxygen atoms in total. The Hall–Kier alpha value is -2.44. The van der Waals surface area contributed by atoms with E-state index >= 15 is 0 Å². The fraction of sp³-hybridized carbons (Fsp3) is 0.400. The molecule has 1 fully saturated rings. The van der Waals surface area contributed by atoms with E-state index in [1.165, 1.54) is 0 Å². The summed E-state index contributed by atoms with van der Waals surface area (Å²) in [4.78, 5) is 17.1. The molecule has 138 valence electrons. The molecule has 1 aromatic carbocycles. The van der Waals surface area contributed by atoms with E-state index in [1.807, 2.05) is 42.5 Å². The number of methoxy groups -OCH3 is 1. The average Bonchev–Trinajstić information content (AvgIpc) is 2.68. The van der Waals surface area contributed by atoms with Gasteiger partial charge in [0.15, 0.2) is 0 Å². The molecule has 1 aromatic heterocycles. The zero-order valence-electron chi connectivity index (χ0n) is 15.0. The van der Waals surface area contributed by atoms with E-state index in [0.717, 1.165) is 37.3 Å². The number of pyridine rings is 1. The number of carbonyl (C=O) groups is 1. The number of ether oxygens (including phenoxy) is 2. The smallest absolute Gasteiger partial charge is 0.233 e. The fourth-order valence-corrected chi connectivity index (χ4v) is 3.19. The van der Waals surface area contributed by atoms with Gasteiger partial charge in [-0.2, -0.15) is 0 Å². The van der Waals surface area contributed by atoms with Gasteiger partial charge in [-0.05, 0) is 50.2 Å². The van der Waals surface area contributed by atoms with Crippen molar-refractivity contribution in [3.05, 3.63) is 54.4 Å². The Morgan fingerprint density at radius 2 is 2.08 bits per heavy atom. The van der Waals surface area contributed by atoms with Gasteiger partial charge in [-0.15, -0.1) is 0 Å². The predicted octanol–water partition coefficient (Wildman–Crippen LogP) is 2.62. The summed E-state index contributed by atoms with van der Waals surface area (Å²) in [6, 6.07) is 13.2. The summed E-state index contributed by atoms with van der Waals surface area (Å²) < 4.78 is 11.1. The number of anilines is 1. The molecule has 0 unspecified atom stereocenters. The lowest BCUT2D eigenvalue weighted by Crippen LogP contribution is -2.47. The number of benzene rings is 1. The van der Waals surface area contributed by atoms with Gasteiger partial charge in [-0.3, -0.25) is 9.78 Å². The maximum absolute atomic E-state index is 12.9. The molecule has 26 heavy (non-hydrogen) atoms. The summed E-state index contributed by atoms with van der Waals surface area (Å²) in [7, 11) is 1.64. The zero-order valence-corrected chi connectivity index (χ0v) is 15.0. The summed E-state index contributed by atoms with van der Waals surface area (Å²) in [6.45, 7) is 2.46. The second kappa shape index (κ2) is 8.78. The second-order valence-electron chi connectivity index (χ2n) is 6.56. The SMILES string of the molecule is COCC1(C(=O)Nc2cccc(OCc3ccccn3)c2)CCNCC1. The number of nitrogens with one attached hydrogen (secondary N) is 2. The summed E-state index contributed by atoms with van der Waals surface area (Å²) in [6.07, 6.45) is 3.27. The number of amides is 1. The second-order valence-corrected chi connectivity index (χ2v) is 6.56. The van der Waals surface area contributed by atoms with Gasteiger partial charge >= 0.3 is 0 Å². The number of rotatable bonds is 7. The molecule has 0 atom stereocenters. The van der Waals surface area contributed by atoms with Crippen molar-refractivity contribution in [2.45, 2.75) is 19.4 Å². The van der Waals surface area contributed by atoms with E-state index < -0.39 is 5.41 Å². The highest BCUT2D eigenvalue weighted by Gasteiger charge is 2.39. The van der Waals surface area contributed by atoms with Crippen molar-refractivity contribution in [2.24, 2.45) is 5.41 Å². The number of piperidine rings is 1. The molecular weight excluding hydrogens is 330 g/mol. The van der Waals surface area contributed by atoms with E-state index in [1.54, 1.807) is 13.3 Å². The zero-order chi connectivity index (χ0) is 18.2. The van der Waals surface area contributed by atoms with Gasteiger partial charge in [0.05, 0.1) is 17.7 Å². The van der Waals surface area contributed by atoms with Crippen molar-refractivity contribution in [1.29, 1.82) is 0 Å². The van der Waals surface area contributed by atoms with Crippen LogP contribution in [0.2, 0.25) is 0 Å². The fourth-order valence-electron chi connectivity index (χ4n) is 3.19. The highest BCUT2D eigenvalue weighted by Crippen LogP contribution is 2.31. The first-order valence-electron chi connectivity index (χ1n) is 8.86. The third-order valence-corrected chi connectivity index (χ3v) is 4.67. The van der Waals surface area contributed by atoms with Crippen molar-refractivity contribution in [2.75, 3.05) is 32.1 Å². The molecule has 0 spiro atoms. The summed E-state index contributed by atoms with van der Waals surface area (Å²) in [5, 5.41) is 6.33. The van der Waals surface area contributed by atoms with Gasteiger partial charge < -0.3 is 20.1 Å². The number of hydrogen-bond donors (Lipinski definition) is 2. The lowest BCUT2D eigenvalue weighted by molar-refractivity contribution is -0.130. The van der Waals surface area contributed by atoms with Crippen LogP contribution in [0.25, 0.3) is 0 Å². The van der Waals surface area contributed by atoms with Crippen LogP contribution < -0.4 is 15.4 Å². The van der Waals surface area contributed by atoms with Gasteiger partial charge in [0, 0.05) is 25.1 Å². The van der Waals surface area contributed by atoms with Crippen LogP contribution in [0.1, 0.15) is 18.5 Å². The van der Waals surface area contributed by atoms with E-state index in [9.17, 15) is 4.79 Å². The van der Waals surface area contributed by atoms with Gasteiger partial charge in [0.1, 0.15) is 12.4 Å². The maximum atomic E-state index is 12.9. The Balaban J connectivity index is 1.64. The Bertz CT molecular complexity index is 710. The van der Waals surface area contributed by atoms with Crippen LogP contribution in [0.5, 0.6) is 5.75 Å². The lowest BCUT2D eigenvalue weighted by atomic mass is 9.78. The van der Waals surface area contributed by atoms with Gasteiger partial charge in [0.2, 0.25) is 5.91 Å². The molecule has 2 N–H and O–H groups in total. The van der Waals surface area contributed by atoms with E-state index in [2.05, 4.69) is 15.6 Å². The molecular formula is C20H25N3O3. The molecule has 2 aromatic rings. The van der Waals surface area contributed by atoms with E-state index in [-0.39, 0.29) is 5.91 Å². The van der Waals surface area contributed by atoms with Gasteiger partial charge in [-0.1, -0.05) is 12.1 Å². The van der Waals surface area contributed by atoms with Gasteiger partial charge in [-0.25, -0.2) is 0 Å². The quantitative estimate of drug-likeness (QED) is 0.799. The molecule has 1 aliphatic heterocycles. The topological polar surface area (TPSA) is 72.5 Å². The van der Waals surface area contributed by atoms with Crippen molar-refractivity contribution >= 4 is 11.6 Å². The minimum absolute atomic E-state index is 0.00252. The molecule has 0 bridgehead atoms. The number of hydrogen-bond acceptors (Lipinski definition) is 5. The molecule has 0 saturated carbocycles. The molecule has 1 saturated heterocycles. The highest BCUT2D eigenvalue weighted by atomic mass is 16.5. The number of nitrogens with zero attached hydrogens (tertiary/aromatic N) is 1. The van der Waals surface area contributed by atoms with Gasteiger partial charge in [0.25, 0.3) is 0 Å². The lowest BCUT2D eigenvalue weighted by Gasteiger charge is -2.35. The number of aromatic nitrogens is 1. The first-order chi connectivity index (χ1) is 12.7. The van der Waals surface area contributed by atoms with Crippen molar-refractivity contribution < 1.29 is 14.3 Å². The van der Waals surface area contributed by atoms with Crippen molar-refractivity contribution in [3.8, 4) is 5.75 Å². The molecule has 2 heterocycles. The van der Waals surface area contributed by atoms with Crippen molar-refractivity contribution in [1.82, 2.24) is 10.3 Å². The van der Waals surface area contributed by atoms with Crippen LogP contribution in [0.4, 0.5) is 5.69 Å². The van der Waals surface area contributed by atoms with Crippen LogP contribution in [-0.4, -0.2) is 37.7 Å². The standard InChI is InChI=1S/C20H25N3O3/c1-25-15-20(8-11-21-12-9-20)19(24)23-16-6-4-7-18(13-16)26-14-17-5-2-3-10-22-17/h2-7,10,13,21H,8-9,11-12,14-15H2,1H3,(H,23,24). The minimum Gasteiger partial charge on any atom is -0.487 e. The Morgan fingerprint density at radius 3 is 2.81 bits per heavy atom. The van der Waals surface area contributed by atoms with Crippen LogP contribution in [0.3, 0.4) is 0 Å². The first-order valence-corrected chi connectivity index (χ1v) is 8.86. The summed E-state index contributed by atoms with van der Waals surface area (Å²) in [5.74, 6) is 0.697. The molecule has 1 amide bonds. The normalized spacial score (nSPS) is 16.0. The third kappa shape index (κ3) is 4.59. The number of carbonyl (C=O) groups excluding carboxylic acids is 1. The first kappa shape index (κ1) is 18.4. The Morgan fingerprint density at radius 1 is 1.23 bits per heavy atom. The average molecular weight is 355 g/mol. The monoisotopic (exact) mass is 355 g/mol. The molecule has 3 rings (SSSR count). The largest absolute Gasteiger partial charge is 0.487 e. The molecule has 1 aliphatic rings. The Kier molecular flexibility index (Phi) is 6.20. The molecule has 6 heteroatoms. The van der Waals surface area contributed by atoms with Crippen LogP contribution >= 0.6 is 0 Å². The van der Waals surface area contributed by atoms with Crippen molar-refractivity contribution in [3.63, 3.8) is 0 Å². The third-order valence-electron chi connectivity index (χ3n) is 4.67. The van der Waals surface area contributed by atoms with Crippen LogP contribution in [-0.2, 0) is 16.1 Å². The maximum Gasteiger partial charge on any atom is 0.233 e. The molecule has 0 aliphatic carbocycles. The molecule has 0 radical (unpaired) electrons. The highest BCUT2D eigenvalue weighted by molar-refractivity contribution is 5.95. The summed E-state index contributed by atoms with van der Waals surface area (Å²) in [5.41, 5.74) is 1.10. The summed E-state index contributed by atoms with van der Waals surface area (Å²) >= 11 is 0. The van der Waals surface area contributed by atoms with E-state index in [4.69, 9.17) is 9.47 Å². The Labute approximate surface area is 153 Å². The van der Waals surface area contributed by atoms with Crippen LogP contribution in [0, 0.1) is 5.41 Å². The van der Waals surface area contributed by atoms with Crippen LogP contribution in [0.15, 0.2) is 48.7 Å². The minimum atomic E-state index is -0.481. The predicted molar refractivity (Wildman–Crippen MR) is 100 cm³/mol. The van der Waals surface area contributed by atoms with E-state index in [0.29, 0.717) is 19.0 Å².